The quantitative estimate of drug-likeness (QED) is 0.659. The molecule has 1 aliphatic heterocycles. The van der Waals surface area contributed by atoms with Gasteiger partial charge in [-0.2, -0.15) is 5.10 Å². The zero-order chi connectivity index (χ0) is 16.1. The molecule has 1 N–H and O–H groups in total. The summed E-state index contributed by atoms with van der Waals surface area (Å²) in [5.74, 6) is 0.880. The van der Waals surface area contributed by atoms with Gasteiger partial charge in [0, 0.05) is 10.0 Å². The lowest BCUT2D eigenvalue weighted by atomic mass is 10.2. The molecule has 0 bridgehead atoms. The molecule has 6 heteroatoms. The van der Waals surface area contributed by atoms with Crippen molar-refractivity contribution in [2.24, 2.45) is 5.10 Å². The lowest BCUT2D eigenvalue weighted by molar-refractivity contribution is 0.0954. The molecule has 2 aromatic carbocycles. The highest BCUT2D eigenvalue weighted by molar-refractivity contribution is 9.12. The normalized spacial score (nSPS) is 13.3. The molecule has 0 saturated heterocycles. The summed E-state index contributed by atoms with van der Waals surface area (Å²) < 4.78 is 11.2. The molecule has 0 unspecified atom stereocenters. The summed E-state index contributed by atoms with van der Waals surface area (Å²) in [6.45, 7) is 0.176. The van der Waals surface area contributed by atoms with E-state index in [2.05, 4.69) is 26.5 Å². The standard InChI is InChI=1S/C17H13BrN2O3/c18-14(8-12-4-2-1-3-5-12)10-19-20-17(21)13-6-7-15-16(9-13)23-11-22-15/h1-10H,11H2,(H,20,21)/b14-8-,19-10-. The minimum absolute atomic E-state index is 0.176. The Morgan fingerprint density at radius 2 is 1.91 bits per heavy atom. The second-order valence-electron chi connectivity index (χ2n) is 4.71. The van der Waals surface area contributed by atoms with Crippen LogP contribution >= 0.6 is 15.9 Å². The van der Waals surface area contributed by atoms with Crippen molar-refractivity contribution in [1.29, 1.82) is 0 Å². The Labute approximate surface area is 141 Å². The third kappa shape index (κ3) is 3.98. The number of ether oxygens (including phenoxy) is 2. The summed E-state index contributed by atoms with van der Waals surface area (Å²) >= 11 is 3.39. The predicted molar refractivity (Wildman–Crippen MR) is 91.9 cm³/mol. The molecular weight excluding hydrogens is 360 g/mol. The van der Waals surface area contributed by atoms with E-state index >= 15 is 0 Å². The van der Waals surface area contributed by atoms with Crippen LogP contribution in [0.5, 0.6) is 11.5 Å². The van der Waals surface area contributed by atoms with Crippen molar-refractivity contribution in [3.8, 4) is 11.5 Å². The summed E-state index contributed by atoms with van der Waals surface area (Å²) in [5.41, 5.74) is 3.96. The van der Waals surface area contributed by atoms with Gasteiger partial charge in [0.25, 0.3) is 5.91 Å². The Bertz CT molecular complexity index is 773. The fourth-order valence-electron chi connectivity index (χ4n) is 2.00. The van der Waals surface area contributed by atoms with E-state index in [4.69, 9.17) is 9.47 Å². The first-order chi connectivity index (χ1) is 11.2. The number of fused-ring (bicyclic) bond motifs is 1. The average molecular weight is 373 g/mol. The highest BCUT2D eigenvalue weighted by atomic mass is 79.9. The largest absolute Gasteiger partial charge is 0.454 e. The van der Waals surface area contributed by atoms with E-state index in [1.807, 2.05) is 36.4 Å². The van der Waals surface area contributed by atoms with E-state index < -0.39 is 0 Å². The molecule has 0 radical (unpaired) electrons. The van der Waals surface area contributed by atoms with Crippen LogP contribution in [0.4, 0.5) is 0 Å². The number of carbonyl (C=O) groups is 1. The van der Waals surface area contributed by atoms with Crippen molar-refractivity contribution in [3.05, 3.63) is 64.1 Å². The Hall–Kier alpha value is -2.60. The van der Waals surface area contributed by atoms with Crippen molar-refractivity contribution >= 4 is 34.1 Å². The molecule has 0 aromatic heterocycles. The number of allylic oxidation sites excluding steroid dienone is 1. The van der Waals surface area contributed by atoms with Crippen molar-refractivity contribution in [1.82, 2.24) is 5.43 Å². The van der Waals surface area contributed by atoms with Gasteiger partial charge in [0.1, 0.15) is 0 Å². The third-order valence-corrected chi connectivity index (χ3v) is 3.53. The third-order valence-electron chi connectivity index (χ3n) is 3.09. The Kier molecular flexibility index (Phi) is 4.73. The molecule has 0 fully saturated rings. The topological polar surface area (TPSA) is 59.9 Å². The number of nitrogens with one attached hydrogen (secondary N) is 1. The summed E-state index contributed by atoms with van der Waals surface area (Å²) in [6, 6.07) is 14.8. The van der Waals surface area contributed by atoms with Gasteiger partial charge in [-0.05, 0) is 45.8 Å². The number of hydrogen-bond acceptors (Lipinski definition) is 4. The Morgan fingerprint density at radius 1 is 1.13 bits per heavy atom. The van der Waals surface area contributed by atoms with Gasteiger partial charge in [-0.1, -0.05) is 30.3 Å². The highest BCUT2D eigenvalue weighted by Crippen LogP contribution is 2.32. The summed E-state index contributed by atoms with van der Waals surface area (Å²) in [7, 11) is 0. The van der Waals surface area contributed by atoms with Crippen LogP contribution in [0, 0.1) is 0 Å². The molecule has 3 rings (SSSR count). The van der Waals surface area contributed by atoms with Crippen molar-refractivity contribution < 1.29 is 14.3 Å². The smallest absolute Gasteiger partial charge is 0.271 e. The molecule has 0 atom stereocenters. The monoisotopic (exact) mass is 372 g/mol. The fourth-order valence-corrected chi connectivity index (χ4v) is 2.37. The predicted octanol–water partition coefficient (Wildman–Crippen LogP) is 3.57. The van der Waals surface area contributed by atoms with Crippen LogP contribution in [0.1, 0.15) is 15.9 Å². The van der Waals surface area contributed by atoms with Crippen LogP contribution in [0.15, 0.2) is 58.1 Å². The van der Waals surface area contributed by atoms with E-state index in [-0.39, 0.29) is 12.7 Å². The van der Waals surface area contributed by atoms with Gasteiger partial charge in [0.05, 0.1) is 6.21 Å². The first-order valence-electron chi connectivity index (χ1n) is 6.88. The van der Waals surface area contributed by atoms with Crippen LogP contribution in [0.3, 0.4) is 0 Å². The minimum atomic E-state index is -0.320. The van der Waals surface area contributed by atoms with Crippen molar-refractivity contribution in [2.75, 3.05) is 6.79 Å². The van der Waals surface area contributed by atoms with Crippen LogP contribution in [-0.4, -0.2) is 18.9 Å². The van der Waals surface area contributed by atoms with Crippen molar-refractivity contribution in [2.45, 2.75) is 0 Å². The van der Waals surface area contributed by atoms with E-state index in [1.54, 1.807) is 18.2 Å². The Morgan fingerprint density at radius 3 is 2.74 bits per heavy atom. The highest BCUT2D eigenvalue weighted by Gasteiger charge is 2.15. The van der Waals surface area contributed by atoms with Gasteiger partial charge in [0.2, 0.25) is 6.79 Å². The first-order valence-corrected chi connectivity index (χ1v) is 7.67. The van der Waals surface area contributed by atoms with Gasteiger partial charge < -0.3 is 9.47 Å². The van der Waals surface area contributed by atoms with Crippen molar-refractivity contribution in [3.63, 3.8) is 0 Å². The molecule has 23 heavy (non-hydrogen) atoms. The van der Waals surface area contributed by atoms with Crippen LogP contribution < -0.4 is 14.9 Å². The van der Waals surface area contributed by atoms with Gasteiger partial charge >= 0.3 is 0 Å². The van der Waals surface area contributed by atoms with Gasteiger partial charge in [0.15, 0.2) is 11.5 Å². The van der Waals surface area contributed by atoms with Crippen LogP contribution in [-0.2, 0) is 0 Å². The zero-order valence-electron chi connectivity index (χ0n) is 12.0. The molecular formula is C17H13BrN2O3. The number of nitrogens with zero attached hydrogens (tertiary/aromatic N) is 1. The molecule has 116 valence electrons. The Balaban J connectivity index is 1.61. The van der Waals surface area contributed by atoms with E-state index in [9.17, 15) is 4.79 Å². The molecule has 2 aromatic rings. The van der Waals surface area contributed by atoms with Crippen LogP contribution in [0.25, 0.3) is 6.08 Å². The number of carbonyl (C=O) groups excluding carboxylic acids is 1. The van der Waals surface area contributed by atoms with E-state index in [0.29, 0.717) is 17.1 Å². The first kappa shape index (κ1) is 15.3. The van der Waals surface area contributed by atoms with E-state index in [1.165, 1.54) is 6.21 Å². The molecule has 5 nitrogen and oxygen atoms in total. The second-order valence-corrected chi connectivity index (χ2v) is 5.62. The number of halogens is 1. The molecule has 0 saturated carbocycles. The molecule has 1 heterocycles. The van der Waals surface area contributed by atoms with Gasteiger partial charge in [-0.25, -0.2) is 5.43 Å². The maximum Gasteiger partial charge on any atom is 0.271 e. The number of hydrazone groups is 1. The number of amides is 1. The summed E-state index contributed by atoms with van der Waals surface area (Å²) in [5, 5.41) is 3.93. The zero-order valence-corrected chi connectivity index (χ0v) is 13.6. The maximum absolute atomic E-state index is 12.0. The molecule has 0 aliphatic carbocycles. The molecule has 1 amide bonds. The number of rotatable bonds is 4. The van der Waals surface area contributed by atoms with Gasteiger partial charge in [-0.15, -0.1) is 0 Å². The number of benzene rings is 2. The maximum atomic E-state index is 12.0. The lowest BCUT2D eigenvalue weighted by Gasteiger charge is -2.01. The molecule has 0 spiro atoms. The molecule has 1 aliphatic rings. The minimum Gasteiger partial charge on any atom is -0.454 e. The average Bonchev–Trinajstić information content (AvgIpc) is 3.03. The lowest BCUT2D eigenvalue weighted by Crippen LogP contribution is -2.17. The fraction of sp³-hybridized carbons (Fsp3) is 0.0588. The second kappa shape index (κ2) is 7.11. The summed E-state index contributed by atoms with van der Waals surface area (Å²) in [6.07, 6.45) is 3.42. The van der Waals surface area contributed by atoms with Gasteiger partial charge in [-0.3, -0.25) is 4.79 Å². The SMILES string of the molecule is O=C(N/N=C\C(Br)=C\c1ccccc1)c1ccc2c(c1)OCO2. The number of hydrogen-bond donors (Lipinski definition) is 1. The van der Waals surface area contributed by atoms with Crippen LogP contribution in [0.2, 0.25) is 0 Å². The van der Waals surface area contributed by atoms with E-state index in [0.717, 1.165) is 10.0 Å². The summed E-state index contributed by atoms with van der Waals surface area (Å²) in [4.78, 5) is 12.0.